The van der Waals surface area contributed by atoms with Crippen molar-refractivity contribution in [2.75, 3.05) is 58.8 Å². The molecule has 1 fully saturated rings. The predicted octanol–water partition coefficient (Wildman–Crippen LogP) is 0.906. The Morgan fingerprint density at radius 2 is 1.46 bits per heavy atom. The molecule has 0 aromatic heterocycles. The van der Waals surface area contributed by atoms with E-state index in [0.29, 0.717) is 56.4 Å². The predicted molar refractivity (Wildman–Crippen MR) is 131 cm³/mol. The van der Waals surface area contributed by atoms with Crippen LogP contribution in [-0.4, -0.2) is 109 Å². The largest absolute Gasteiger partial charge is 0.463 e. The summed E-state index contributed by atoms with van der Waals surface area (Å²) in [5.41, 5.74) is 0. The number of carbonyl (C=O) groups excluding carboxylic acids is 6. The molecule has 1 atom stereocenters. The van der Waals surface area contributed by atoms with Gasteiger partial charge in [-0.05, 0) is 37.4 Å². The van der Waals surface area contributed by atoms with Crippen LogP contribution in [0.1, 0.15) is 27.7 Å². The fourth-order valence-electron chi connectivity index (χ4n) is 2.50. The second kappa shape index (κ2) is 17.0. The quantitative estimate of drug-likeness (QED) is 0.188. The first-order valence-corrected chi connectivity index (χ1v) is 12.9. The van der Waals surface area contributed by atoms with E-state index < -0.39 is 58.8 Å². The molecule has 0 spiro atoms. The third-order valence-corrected chi connectivity index (χ3v) is 6.31. The fraction of sp³-hybridized carbons (Fsp3) is 0.714. The molecule has 0 radical (unpaired) electrons. The van der Waals surface area contributed by atoms with Gasteiger partial charge in [0.15, 0.2) is 0 Å². The molecule has 0 saturated carbocycles. The third-order valence-electron chi connectivity index (χ3n) is 4.48. The van der Waals surface area contributed by atoms with Gasteiger partial charge in [0.1, 0.15) is 12.6 Å². The first-order valence-electron chi connectivity index (χ1n) is 11.1. The van der Waals surface area contributed by atoms with Crippen LogP contribution in [0.4, 0.5) is 9.59 Å². The Labute approximate surface area is 222 Å². The molecule has 0 aliphatic carbocycles. The van der Waals surface area contributed by atoms with Crippen LogP contribution in [0.5, 0.6) is 0 Å². The van der Waals surface area contributed by atoms with Crippen molar-refractivity contribution in [3.05, 3.63) is 0 Å². The minimum atomic E-state index is -1.40. The van der Waals surface area contributed by atoms with E-state index >= 15 is 0 Å². The Balaban J connectivity index is 2.70. The van der Waals surface area contributed by atoms with Crippen LogP contribution in [0.15, 0.2) is 0 Å². The highest BCUT2D eigenvalue weighted by molar-refractivity contribution is 8.15. The molecular weight excluding hydrogens is 536 g/mol. The highest BCUT2D eigenvalue weighted by Crippen LogP contribution is 2.27. The van der Waals surface area contributed by atoms with Crippen molar-refractivity contribution in [3.8, 4) is 0 Å². The molecule has 0 unspecified atom stereocenters. The van der Waals surface area contributed by atoms with Gasteiger partial charge in [-0.25, -0.2) is 14.4 Å². The van der Waals surface area contributed by atoms with Crippen LogP contribution < -0.4 is 5.32 Å². The van der Waals surface area contributed by atoms with Gasteiger partial charge in [0.2, 0.25) is 19.5 Å². The average molecular weight is 569 g/mol. The van der Waals surface area contributed by atoms with Crippen molar-refractivity contribution in [1.82, 2.24) is 10.2 Å². The first-order chi connectivity index (χ1) is 17.4. The lowest BCUT2D eigenvalue weighted by Gasteiger charge is -2.27. The summed E-state index contributed by atoms with van der Waals surface area (Å²) in [6, 6.07) is -1.26. The maximum atomic E-state index is 12.9. The van der Waals surface area contributed by atoms with Gasteiger partial charge in [0.05, 0.1) is 18.0 Å². The number of hydrogen-bond acceptors (Lipinski definition) is 15. The molecule has 1 aliphatic rings. The lowest BCUT2D eigenvalue weighted by atomic mass is 10.2. The molecule has 1 heterocycles. The zero-order chi connectivity index (χ0) is 27.8. The summed E-state index contributed by atoms with van der Waals surface area (Å²) in [6.07, 6.45) is 0. The topological polar surface area (TPSA) is 173 Å². The summed E-state index contributed by atoms with van der Waals surface area (Å²) in [5, 5.41) is 0.756. The number of thioether (sulfide) groups is 2. The standard InChI is InChI=1S/C21H32N2O12S2/c1-14(24)32-12-34-19(28)36-11-16(17(26)31-10-7-23-5-8-30-9-6-23)22-18(27)21(3,4)37-20(29)35-13-33-15(2)25/h16H,5-13H2,1-4H3,(H,22,27)/t16-/m0/s1. The van der Waals surface area contributed by atoms with Crippen LogP contribution >= 0.6 is 23.5 Å². The van der Waals surface area contributed by atoms with Gasteiger partial charge < -0.3 is 33.7 Å². The third kappa shape index (κ3) is 14.7. The van der Waals surface area contributed by atoms with Gasteiger partial charge in [-0.1, -0.05) is 0 Å². The number of nitrogens with one attached hydrogen (secondary N) is 1. The first kappa shape index (κ1) is 32.5. The minimum absolute atomic E-state index is 0.0490. The molecule has 1 saturated heterocycles. The molecule has 0 bridgehead atoms. The molecule has 0 aromatic rings. The highest BCUT2D eigenvalue weighted by Gasteiger charge is 2.36. The zero-order valence-electron chi connectivity index (χ0n) is 21.1. The Morgan fingerprint density at radius 3 is 2.03 bits per heavy atom. The molecule has 16 heteroatoms. The summed E-state index contributed by atoms with van der Waals surface area (Å²) < 4.78 is 27.7. The fourth-order valence-corrected chi connectivity index (χ4v) is 3.83. The average Bonchev–Trinajstić information content (AvgIpc) is 2.81. The van der Waals surface area contributed by atoms with Gasteiger partial charge in [-0.3, -0.25) is 19.3 Å². The van der Waals surface area contributed by atoms with Crippen molar-refractivity contribution in [2.24, 2.45) is 0 Å². The SMILES string of the molecule is CC(=O)OCOC(=O)SC[C@H](NC(=O)C(C)(C)SC(=O)OCOC(C)=O)C(=O)OCCN1CCOCC1. The van der Waals surface area contributed by atoms with Crippen LogP contribution in [0.2, 0.25) is 0 Å². The van der Waals surface area contributed by atoms with Gasteiger partial charge in [-0.2, -0.15) is 0 Å². The van der Waals surface area contributed by atoms with Crippen LogP contribution in [0, 0.1) is 0 Å². The van der Waals surface area contributed by atoms with Crippen LogP contribution in [0.25, 0.3) is 0 Å². The van der Waals surface area contributed by atoms with E-state index in [2.05, 4.69) is 14.8 Å². The zero-order valence-corrected chi connectivity index (χ0v) is 22.7. The van der Waals surface area contributed by atoms with Gasteiger partial charge in [-0.15, -0.1) is 0 Å². The van der Waals surface area contributed by atoms with E-state index in [1.165, 1.54) is 13.8 Å². The number of nitrogens with zero attached hydrogens (tertiary/aromatic N) is 1. The number of amides is 1. The molecule has 14 nitrogen and oxygen atoms in total. The van der Waals surface area contributed by atoms with E-state index in [0.717, 1.165) is 13.8 Å². The maximum Gasteiger partial charge on any atom is 0.371 e. The Kier molecular flexibility index (Phi) is 15.0. The smallest absolute Gasteiger partial charge is 0.371 e. The number of rotatable bonds is 13. The lowest BCUT2D eigenvalue weighted by molar-refractivity contribution is -0.149. The second-order valence-corrected chi connectivity index (χ2v) is 10.4. The molecule has 1 N–H and O–H groups in total. The second-order valence-electron chi connectivity index (χ2n) is 7.87. The molecule has 0 aromatic carbocycles. The van der Waals surface area contributed by atoms with Gasteiger partial charge in [0, 0.05) is 39.2 Å². The summed E-state index contributed by atoms with van der Waals surface area (Å²) >= 11 is 1.07. The lowest BCUT2D eigenvalue weighted by Crippen LogP contribution is -2.50. The molecule has 210 valence electrons. The van der Waals surface area contributed by atoms with Crippen molar-refractivity contribution >= 4 is 57.9 Å². The summed E-state index contributed by atoms with van der Waals surface area (Å²) in [6.45, 7) is 6.97. The van der Waals surface area contributed by atoms with Crippen LogP contribution in [0.3, 0.4) is 0 Å². The molecule has 37 heavy (non-hydrogen) atoms. The Bertz CT molecular complexity index is 817. The van der Waals surface area contributed by atoms with Gasteiger partial charge >= 0.3 is 28.5 Å². The van der Waals surface area contributed by atoms with Crippen molar-refractivity contribution < 1.29 is 57.2 Å². The summed E-state index contributed by atoms with van der Waals surface area (Å²) in [7, 11) is 0. The van der Waals surface area contributed by atoms with E-state index in [9.17, 15) is 28.8 Å². The molecule has 1 amide bonds. The van der Waals surface area contributed by atoms with E-state index in [1.807, 2.05) is 4.90 Å². The maximum absolute atomic E-state index is 12.9. The normalized spacial score (nSPS) is 14.6. The van der Waals surface area contributed by atoms with Crippen molar-refractivity contribution in [2.45, 2.75) is 38.5 Å². The Hall–Kier alpha value is -2.56. The molecular formula is C21H32N2O12S2. The van der Waals surface area contributed by atoms with E-state index in [4.69, 9.17) is 18.9 Å². The van der Waals surface area contributed by atoms with Crippen LogP contribution in [-0.2, 0) is 47.6 Å². The number of hydrogen-bond donors (Lipinski definition) is 1. The monoisotopic (exact) mass is 568 g/mol. The van der Waals surface area contributed by atoms with Gasteiger partial charge in [0.25, 0.3) is 0 Å². The molecule has 1 rings (SSSR count). The van der Waals surface area contributed by atoms with Crippen molar-refractivity contribution in [1.29, 1.82) is 0 Å². The van der Waals surface area contributed by atoms with E-state index in [-0.39, 0.29) is 12.4 Å². The minimum Gasteiger partial charge on any atom is -0.463 e. The van der Waals surface area contributed by atoms with E-state index in [1.54, 1.807) is 0 Å². The number of ether oxygens (including phenoxy) is 6. The molecule has 1 aliphatic heterocycles. The Morgan fingerprint density at radius 1 is 0.892 bits per heavy atom. The highest BCUT2D eigenvalue weighted by atomic mass is 32.2. The number of esters is 3. The summed E-state index contributed by atoms with van der Waals surface area (Å²) in [4.78, 5) is 73.1. The summed E-state index contributed by atoms with van der Waals surface area (Å²) in [5.74, 6) is -3.05. The number of morpholine rings is 1. The number of carbonyl (C=O) groups is 6. The van der Waals surface area contributed by atoms with Crippen molar-refractivity contribution in [3.63, 3.8) is 0 Å².